The summed E-state index contributed by atoms with van der Waals surface area (Å²) in [5.74, 6) is 0.837. The zero-order valence-electron chi connectivity index (χ0n) is 13.0. The molecule has 0 amide bonds. The first-order valence-electron chi connectivity index (χ1n) is 7.74. The Hall–Kier alpha value is -1.55. The largest absolute Gasteiger partial charge is 0.494 e. The fourth-order valence-electron chi connectivity index (χ4n) is 3.02. The van der Waals surface area contributed by atoms with Crippen LogP contribution in [-0.4, -0.2) is 25.7 Å². The van der Waals surface area contributed by atoms with Crippen LogP contribution in [0.25, 0.3) is 0 Å². The molecule has 1 aromatic carbocycles. The number of fused-ring (bicyclic) bond motifs is 1. The molecule has 1 aromatic rings. The first-order valence-corrected chi connectivity index (χ1v) is 7.74. The Kier molecular flexibility index (Phi) is 5.62. The van der Waals surface area contributed by atoms with Crippen molar-refractivity contribution in [2.75, 3.05) is 13.7 Å². The molecule has 1 unspecified atom stereocenters. The molecule has 2 N–H and O–H groups in total. The molecule has 21 heavy (non-hydrogen) atoms. The first kappa shape index (κ1) is 15.8. The van der Waals surface area contributed by atoms with E-state index >= 15 is 0 Å². The number of unbranched alkanes of at least 4 members (excludes halogenated alkanes) is 1. The van der Waals surface area contributed by atoms with Crippen LogP contribution in [0.15, 0.2) is 12.1 Å². The maximum atomic E-state index is 11.2. The van der Waals surface area contributed by atoms with E-state index in [1.54, 1.807) is 0 Å². The van der Waals surface area contributed by atoms with E-state index in [1.165, 1.54) is 23.8 Å². The van der Waals surface area contributed by atoms with Crippen molar-refractivity contribution in [3.63, 3.8) is 0 Å². The molecule has 0 saturated heterocycles. The van der Waals surface area contributed by atoms with E-state index in [0.29, 0.717) is 13.0 Å². The zero-order valence-corrected chi connectivity index (χ0v) is 13.0. The van der Waals surface area contributed by atoms with Gasteiger partial charge in [0.2, 0.25) is 0 Å². The smallest absolute Gasteiger partial charge is 0.305 e. The second kappa shape index (κ2) is 7.46. The number of methoxy groups -OCH3 is 1. The highest BCUT2D eigenvalue weighted by molar-refractivity contribution is 5.69. The number of esters is 1. The third kappa shape index (κ3) is 3.97. The third-order valence-electron chi connectivity index (χ3n) is 4.02. The van der Waals surface area contributed by atoms with Gasteiger partial charge < -0.3 is 15.2 Å². The van der Waals surface area contributed by atoms with Crippen molar-refractivity contribution in [3.8, 4) is 5.75 Å². The molecule has 116 valence electrons. The molecule has 0 radical (unpaired) electrons. The van der Waals surface area contributed by atoms with Gasteiger partial charge in [-0.3, -0.25) is 4.79 Å². The average molecular weight is 291 g/mol. The maximum Gasteiger partial charge on any atom is 0.305 e. The monoisotopic (exact) mass is 291 g/mol. The molecule has 0 bridgehead atoms. The van der Waals surface area contributed by atoms with Crippen LogP contribution in [0.3, 0.4) is 0 Å². The van der Waals surface area contributed by atoms with Crippen LogP contribution >= 0.6 is 0 Å². The molecule has 1 aliphatic rings. The van der Waals surface area contributed by atoms with Gasteiger partial charge in [0.15, 0.2) is 0 Å². The lowest BCUT2D eigenvalue weighted by Crippen LogP contribution is -2.19. The summed E-state index contributed by atoms with van der Waals surface area (Å²) in [6, 6.07) is 4.44. The lowest BCUT2D eigenvalue weighted by atomic mass is 9.97. The molecule has 0 fully saturated rings. The summed E-state index contributed by atoms with van der Waals surface area (Å²) in [6.45, 7) is 2.67. The van der Waals surface area contributed by atoms with Crippen molar-refractivity contribution in [1.29, 1.82) is 0 Å². The molecule has 0 spiro atoms. The molecule has 0 heterocycles. The summed E-state index contributed by atoms with van der Waals surface area (Å²) in [5, 5.41) is 0. The second-order valence-corrected chi connectivity index (χ2v) is 5.56. The van der Waals surface area contributed by atoms with Crippen LogP contribution < -0.4 is 10.5 Å². The van der Waals surface area contributed by atoms with Crippen molar-refractivity contribution < 1.29 is 14.3 Å². The van der Waals surface area contributed by atoms with E-state index in [2.05, 4.69) is 16.9 Å². The van der Waals surface area contributed by atoms with Crippen molar-refractivity contribution in [3.05, 3.63) is 28.8 Å². The number of benzene rings is 1. The van der Waals surface area contributed by atoms with Crippen LogP contribution in [0.1, 0.15) is 42.9 Å². The van der Waals surface area contributed by atoms with Crippen LogP contribution in [0.4, 0.5) is 0 Å². The molecular formula is C17H25NO3. The maximum absolute atomic E-state index is 11.2. The van der Waals surface area contributed by atoms with E-state index in [4.69, 9.17) is 10.5 Å². The Labute approximate surface area is 126 Å². The van der Waals surface area contributed by atoms with Crippen LogP contribution in [0, 0.1) is 0 Å². The molecule has 2 rings (SSSR count). The highest BCUT2D eigenvalue weighted by Gasteiger charge is 2.23. The summed E-state index contributed by atoms with van der Waals surface area (Å²) >= 11 is 0. The lowest BCUT2D eigenvalue weighted by Gasteiger charge is -2.15. The van der Waals surface area contributed by atoms with E-state index in [-0.39, 0.29) is 12.0 Å². The van der Waals surface area contributed by atoms with Crippen molar-refractivity contribution in [2.45, 2.75) is 51.5 Å². The number of hydrogen-bond acceptors (Lipinski definition) is 4. The fourth-order valence-corrected chi connectivity index (χ4v) is 3.02. The Morgan fingerprint density at radius 3 is 2.86 bits per heavy atom. The summed E-state index contributed by atoms with van der Waals surface area (Å²) in [4.78, 5) is 11.2. The van der Waals surface area contributed by atoms with Crippen molar-refractivity contribution in [1.82, 2.24) is 0 Å². The molecule has 4 nitrogen and oxygen atoms in total. The minimum atomic E-state index is -0.139. The normalized spacial score (nSPS) is 16.6. The van der Waals surface area contributed by atoms with E-state index < -0.39 is 0 Å². The van der Waals surface area contributed by atoms with Crippen LogP contribution in [0.5, 0.6) is 5.75 Å². The van der Waals surface area contributed by atoms with Gasteiger partial charge in [-0.25, -0.2) is 0 Å². The Morgan fingerprint density at radius 2 is 2.14 bits per heavy atom. The minimum Gasteiger partial charge on any atom is -0.494 e. The predicted octanol–water partition coefficient (Wildman–Crippen LogP) is 2.40. The van der Waals surface area contributed by atoms with Gasteiger partial charge in [-0.15, -0.1) is 0 Å². The summed E-state index contributed by atoms with van der Waals surface area (Å²) in [7, 11) is 1.43. The number of carbonyl (C=O) groups excluding carboxylic acids is 1. The second-order valence-electron chi connectivity index (χ2n) is 5.56. The Bertz CT molecular complexity index is 499. The number of carbonyl (C=O) groups is 1. The van der Waals surface area contributed by atoms with E-state index in [9.17, 15) is 4.79 Å². The van der Waals surface area contributed by atoms with Gasteiger partial charge in [-0.05, 0) is 61.8 Å². The van der Waals surface area contributed by atoms with Crippen LogP contribution in [-0.2, 0) is 28.8 Å². The average Bonchev–Trinajstić information content (AvgIpc) is 2.85. The quantitative estimate of drug-likeness (QED) is 0.619. The molecule has 0 aromatic heterocycles. The highest BCUT2D eigenvalue weighted by atomic mass is 16.5. The van der Waals surface area contributed by atoms with Gasteiger partial charge in [0.25, 0.3) is 0 Å². The first-order chi connectivity index (χ1) is 10.2. The predicted molar refractivity (Wildman–Crippen MR) is 82.6 cm³/mol. The van der Waals surface area contributed by atoms with Gasteiger partial charge in [0.1, 0.15) is 5.75 Å². The van der Waals surface area contributed by atoms with Gasteiger partial charge in [-0.1, -0.05) is 6.07 Å². The highest BCUT2D eigenvalue weighted by Crippen LogP contribution is 2.33. The molecule has 4 heteroatoms. The van der Waals surface area contributed by atoms with Crippen molar-refractivity contribution in [2.24, 2.45) is 5.73 Å². The van der Waals surface area contributed by atoms with Gasteiger partial charge in [-0.2, -0.15) is 0 Å². The summed E-state index contributed by atoms with van der Waals surface area (Å²) in [6.07, 6.45) is 5.10. The zero-order chi connectivity index (χ0) is 15.2. The molecule has 1 aliphatic carbocycles. The number of rotatable bonds is 7. The standard InChI is InChI=1S/C17H25NO3/c1-3-21-16-9-8-12-10-13(18)11-15(12)14(16)6-4-5-7-17(19)20-2/h8-9,13H,3-7,10-11,18H2,1-2H3. The Balaban J connectivity index is 2.05. The Morgan fingerprint density at radius 1 is 1.33 bits per heavy atom. The van der Waals surface area contributed by atoms with Gasteiger partial charge in [0.05, 0.1) is 13.7 Å². The van der Waals surface area contributed by atoms with E-state index in [1.807, 2.05) is 6.92 Å². The lowest BCUT2D eigenvalue weighted by molar-refractivity contribution is -0.140. The topological polar surface area (TPSA) is 61.5 Å². The van der Waals surface area contributed by atoms with Crippen molar-refractivity contribution >= 4 is 5.97 Å². The molecular weight excluding hydrogens is 266 g/mol. The number of nitrogens with two attached hydrogens (primary N) is 1. The fraction of sp³-hybridized carbons (Fsp3) is 0.588. The molecule has 1 atom stereocenters. The SMILES string of the molecule is CCOc1ccc2c(c1CCCCC(=O)OC)CC(N)C2. The van der Waals surface area contributed by atoms with Crippen LogP contribution in [0.2, 0.25) is 0 Å². The third-order valence-corrected chi connectivity index (χ3v) is 4.02. The minimum absolute atomic E-state index is 0.139. The van der Waals surface area contributed by atoms with Gasteiger partial charge in [0, 0.05) is 12.5 Å². The van der Waals surface area contributed by atoms with Gasteiger partial charge >= 0.3 is 5.97 Å². The summed E-state index contributed by atoms with van der Waals surface area (Å²) in [5.41, 5.74) is 10.1. The molecule has 0 aliphatic heterocycles. The summed E-state index contributed by atoms with van der Waals surface area (Å²) < 4.78 is 10.4. The van der Waals surface area contributed by atoms with E-state index in [0.717, 1.165) is 37.9 Å². The number of hydrogen-bond donors (Lipinski definition) is 1. The molecule has 0 saturated carbocycles. The number of ether oxygens (including phenoxy) is 2.